The quantitative estimate of drug-likeness (QED) is 0.846. The molecule has 1 atom stereocenters. The molecule has 0 spiro atoms. The zero-order valence-corrected chi connectivity index (χ0v) is 13.1. The van der Waals surface area contributed by atoms with Crippen LogP contribution in [0.1, 0.15) is 27.2 Å². The summed E-state index contributed by atoms with van der Waals surface area (Å²) < 4.78 is 5.39. The second kappa shape index (κ2) is 7.31. The third kappa shape index (κ3) is 6.04. The molecule has 0 radical (unpaired) electrons. The van der Waals surface area contributed by atoms with Crippen LogP contribution in [0.3, 0.4) is 0 Å². The van der Waals surface area contributed by atoms with Crippen molar-refractivity contribution in [1.82, 2.24) is 5.32 Å². The molecule has 0 unspecified atom stereocenters. The number of hydrogen-bond donors (Lipinski definition) is 2. The van der Waals surface area contributed by atoms with E-state index in [9.17, 15) is 9.59 Å². The van der Waals surface area contributed by atoms with Gasteiger partial charge in [0.2, 0.25) is 5.91 Å². The molecule has 5 nitrogen and oxygen atoms in total. The molecule has 21 heavy (non-hydrogen) atoms. The third-order valence-electron chi connectivity index (χ3n) is 2.81. The van der Waals surface area contributed by atoms with Crippen molar-refractivity contribution >= 4 is 23.5 Å². The first-order valence-corrected chi connectivity index (χ1v) is 6.98. The van der Waals surface area contributed by atoms with Crippen molar-refractivity contribution in [2.45, 2.75) is 33.2 Å². The topological polar surface area (TPSA) is 75.6 Å². The average molecular weight is 314 g/mol. The highest BCUT2D eigenvalue weighted by Crippen LogP contribution is 2.20. The number of halogens is 1. The molecule has 0 aliphatic rings. The minimum absolute atomic E-state index is 0.0758. The van der Waals surface area contributed by atoms with E-state index in [1.54, 1.807) is 45.0 Å². The van der Waals surface area contributed by atoms with Gasteiger partial charge in [0.05, 0.1) is 13.0 Å². The number of ether oxygens (including phenoxy) is 1. The molecule has 1 aromatic rings. The SMILES string of the molecule is CC(C)(C)[C@H](NC(=O)CCOc1cccc(Cl)c1)C(=O)O. The molecule has 116 valence electrons. The molecule has 6 heteroatoms. The largest absolute Gasteiger partial charge is 0.493 e. The fraction of sp³-hybridized carbons (Fsp3) is 0.467. The normalized spacial score (nSPS) is 12.6. The molecule has 1 rings (SSSR count). The molecule has 0 saturated heterocycles. The zero-order valence-electron chi connectivity index (χ0n) is 12.4. The van der Waals surface area contributed by atoms with Crippen molar-refractivity contribution in [3.8, 4) is 5.75 Å². The number of aliphatic carboxylic acids is 1. The van der Waals surface area contributed by atoms with Crippen molar-refractivity contribution in [1.29, 1.82) is 0 Å². The van der Waals surface area contributed by atoms with E-state index in [-0.39, 0.29) is 18.9 Å². The summed E-state index contributed by atoms with van der Waals surface area (Å²) in [5.74, 6) is -0.841. The van der Waals surface area contributed by atoms with Gasteiger partial charge in [0, 0.05) is 5.02 Å². The van der Waals surface area contributed by atoms with E-state index < -0.39 is 17.4 Å². The lowest BCUT2D eigenvalue weighted by atomic mass is 9.86. The van der Waals surface area contributed by atoms with E-state index >= 15 is 0 Å². The van der Waals surface area contributed by atoms with Gasteiger partial charge in [-0.3, -0.25) is 4.79 Å². The zero-order chi connectivity index (χ0) is 16.0. The lowest BCUT2D eigenvalue weighted by molar-refractivity contribution is -0.145. The van der Waals surface area contributed by atoms with Gasteiger partial charge in [-0.25, -0.2) is 4.79 Å². The van der Waals surface area contributed by atoms with E-state index in [1.165, 1.54) is 0 Å². The molecule has 1 aromatic carbocycles. The first-order chi connectivity index (χ1) is 9.70. The van der Waals surface area contributed by atoms with Crippen LogP contribution in [0.4, 0.5) is 0 Å². The molecular weight excluding hydrogens is 294 g/mol. The number of benzene rings is 1. The van der Waals surface area contributed by atoms with E-state index in [0.717, 1.165) is 0 Å². The predicted octanol–water partition coefficient (Wildman–Crippen LogP) is 2.72. The summed E-state index contributed by atoms with van der Waals surface area (Å²) in [5.41, 5.74) is -0.560. The van der Waals surface area contributed by atoms with Crippen LogP contribution >= 0.6 is 11.6 Å². The van der Waals surface area contributed by atoms with Crippen LogP contribution in [0.15, 0.2) is 24.3 Å². The van der Waals surface area contributed by atoms with Crippen molar-refractivity contribution in [2.75, 3.05) is 6.61 Å². The predicted molar refractivity (Wildman–Crippen MR) is 80.6 cm³/mol. The maximum Gasteiger partial charge on any atom is 0.326 e. The number of rotatable bonds is 6. The number of carboxylic acid groups (broad SMARTS) is 1. The van der Waals surface area contributed by atoms with Gasteiger partial charge in [0.25, 0.3) is 0 Å². The smallest absolute Gasteiger partial charge is 0.326 e. The van der Waals surface area contributed by atoms with Crippen molar-refractivity contribution < 1.29 is 19.4 Å². The summed E-state index contributed by atoms with van der Waals surface area (Å²) in [6, 6.07) is 5.92. The van der Waals surface area contributed by atoms with E-state index in [1.807, 2.05) is 0 Å². The van der Waals surface area contributed by atoms with Crippen LogP contribution in [0.25, 0.3) is 0 Å². The summed E-state index contributed by atoms with van der Waals surface area (Å²) >= 11 is 5.82. The van der Waals surface area contributed by atoms with Gasteiger partial charge in [0.15, 0.2) is 0 Å². The molecule has 2 N–H and O–H groups in total. The minimum Gasteiger partial charge on any atom is -0.493 e. The highest BCUT2D eigenvalue weighted by molar-refractivity contribution is 6.30. The summed E-state index contributed by atoms with van der Waals surface area (Å²) in [5, 5.41) is 12.2. The molecular formula is C15H20ClNO4. The first-order valence-electron chi connectivity index (χ1n) is 6.60. The molecule has 1 amide bonds. The second-order valence-electron chi connectivity index (χ2n) is 5.76. The van der Waals surface area contributed by atoms with Gasteiger partial charge < -0.3 is 15.2 Å². The molecule has 0 saturated carbocycles. The van der Waals surface area contributed by atoms with Crippen LogP contribution in [0, 0.1) is 5.41 Å². The monoisotopic (exact) mass is 313 g/mol. The molecule has 0 bridgehead atoms. The van der Waals surface area contributed by atoms with Crippen LogP contribution in [-0.4, -0.2) is 29.6 Å². The van der Waals surface area contributed by atoms with Gasteiger partial charge in [-0.2, -0.15) is 0 Å². The van der Waals surface area contributed by atoms with Crippen LogP contribution in [-0.2, 0) is 9.59 Å². The second-order valence-corrected chi connectivity index (χ2v) is 6.20. The van der Waals surface area contributed by atoms with Crippen molar-refractivity contribution in [3.63, 3.8) is 0 Å². The number of nitrogens with one attached hydrogen (secondary N) is 1. The highest BCUT2D eigenvalue weighted by atomic mass is 35.5. The van der Waals surface area contributed by atoms with Crippen LogP contribution < -0.4 is 10.1 Å². The van der Waals surface area contributed by atoms with Gasteiger partial charge in [0.1, 0.15) is 11.8 Å². The average Bonchev–Trinajstić information content (AvgIpc) is 2.34. The Morgan fingerprint density at radius 1 is 1.38 bits per heavy atom. The summed E-state index contributed by atoms with van der Waals surface area (Å²) in [6.07, 6.45) is 0.0758. The molecule has 0 fully saturated rings. The Kier molecular flexibility index (Phi) is 6.03. The Balaban J connectivity index is 2.45. The van der Waals surface area contributed by atoms with Gasteiger partial charge >= 0.3 is 5.97 Å². The first kappa shape index (κ1) is 17.3. The number of carboxylic acids is 1. The van der Waals surface area contributed by atoms with E-state index in [2.05, 4.69) is 5.32 Å². The number of amides is 1. The van der Waals surface area contributed by atoms with Gasteiger partial charge in [-0.1, -0.05) is 38.4 Å². The van der Waals surface area contributed by atoms with Crippen LogP contribution in [0.2, 0.25) is 5.02 Å². The number of carbonyl (C=O) groups excluding carboxylic acids is 1. The lowest BCUT2D eigenvalue weighted by Gasteiger charge is -2.27. The molecule has 0 aromatic heterocycles. The number of hydrogen-bond acceptors (Lipinski definition) is 3. The van der Waals surface area contributed by atoms with E-state index in [4.69, 9.17) is 21.4 Å². The number of carbonyl (C=O) groups is 2. The summed E-state index contributed by atoms with van der Waals surface area (Å²) in [4.78, 5) is 22.9. The lowest BCUT2D eigenvalue weighted by Crippen LogP contribution is -2.49. The Labute approximate surface area is 129 Å². The Bertz CT molecular complexity index is 511. The highest BCUT2D eigenvalue weighted by Gasteiger charge is 2.32. The summed E-state index contributed by atoms with van der Waals surface area (Å²) in [7, 11) is 0. The van der Waals surface area contributed by atoms with Crippen LogP contribution in [0.5, 0.6) is 5.75 Å². The maximum atomic E-state index is 11.8. The Hall–Kier alpha value is -1.75. The fourth-order valence-electron chi connectivity index (χ4n) is 1.70. The fourth-order valence-corrected chi connectivity index (χ4v) is 1.88. The van der Waals surface area contributed by atoms with Crippen molar-refractivity contribution in [3.05, 3.63) is 29.3 Å². The maximum absolute atomic E-state index is 11.8. The molecule has 0 heterocycles. The van der Waals surface area contributed by atoms with Crippen molar-refractivity contribution in [2.24, 2.45) is 5.41 Å². The Morgan fingerprint density at radius 2 is 2.05 bits per heavy atom. The third-order valence-corrected chi connectivity index (χ3v) is 3.05. The minimum atomic E-state index is -1.05. The molecule has 0 aliphatic heterocycles. The van der Waals surface area contributed by atoms with Gasteiger partial charge in [-0.15, -0.1) is 0 Å². The Morgan fingerprint density at radius 3 is 2.57 bits per heavy atom. The van der Waals surface area contributed by atoms with E-state index in [0.29, 0.717) is 10.8 Å². The van der Waals surface area contributed by atoms with Gasteiger partial charge in [-0.05, 0) is 23.6 Å². The summed E-state index contributed by atoms with van der Waals surface area (Å²) in [6.45, 7) is 5.43. The molecule has 0 aliphatic carbocycles. The standard InChI is InChI=1S/C15H20ClNO4/c1-15(2,3)13(14(19)20)17-12(18)7-8-21-11-6-4-5-10(16)9-11/h4-6,9,13H,7-8H2,1-3H3,(H,17,18)(H,19,20)/t13-/m1/s1.